The number of hydrogen-bond donors (Lipinski definition) is 3. The quantitative estimate of drug-likeness (QED) is 0.421. The van der Waals surface area contributed by atoms with Crippen LogP contribution in [0.2, 0.25) is 0 Å². The molecule has 1 saturated heterocycles. The van der Waals surface area contributed by atoms with E-state index in [1.807, 2.05) is 43.0 Å². The summed E-state index contributed by atoms with van der Waals surface area (Å²) in [5.74, 6) is -1.18. The predicted octanol–water partition coefficient (Wildman–Crippen LogP) is 2.89. The first kappa shape index (κ1) is 26.5. The number of rotatable bonds is 10. The third-order valence-electron chi connectivity index (χ3n) is 5.79. The molecule has 8 nitrogen and oxygen atoms in total. The van der Waals surface area contributed by atoms with Gasteiger partial charge in [-0.05, 0) is 56.2 Å². The Labute approximate surface area is 206 Å². The molecule has 0 aliphatic carbocycles. The molecule has 2 aromatic rings. The van der Waals surface area contributed by atoms with Crippen LogP contribution >= 0.6 is 12.6 Å². The van der Waals surface area contributed by atoms with Crippen molar-refractivity contribution in [2.45, 2.75) is 42.8 Å². The third-order valence-corrected chi connectivity index (χ3v) is 8.72. The molecule has 1 unspecified atom stereocenters. The lowest BCUT2D eigenvalue weighted by Crippen LogP contribution is -2.65. The van der Waals surface area contributed by atoms with E-state index in [-0.39, 0.29) is 11.0 Å². The minimum atomic E-state index is -4.33. The first-order valence-corrected chi connectivity index (χ1v) is 13.3. The minimum absolute atomic E-state index is 0.0660. The van der Waals surface area contributed by atoms with Crippen molar-refractivity contribution >= 4 is 28.4 Å². The summed E-state index contributed by atoms with van der Waals surface area (Å²) >= 11 is 4.16. The van der Waals surface area contributed by atoms with Gasteiger partial charge in [-0.25, -0.2) is 13.2 Å². The maximum Gasteiger partial charge on any atom is 0.341 e. The Balaban J connectivity index is 1.87. The maximum absolute atomic E-state index is 13.6. The Hall–Kier alpha value is -2.11. The van der Waals surface area contributed by atoms with Crippen LogP contribution in [0.4, 0.5) is 0 Å². The van der Waals surface area contributed by atoms with Crippen LogP contribution in [0.25, 0.3) is 11.1 Å². The van der Waals surface area contributed by atoms with E-state index in [0.29, 0.717) is 26.3 Å². The zero-order valence-corrected chi connectivity index (χ0v) is 21.3. The van der Waals surface area contributed by atoms with E-state index in [1.54, 1.807) is 19.1 Å². The number of morpholine rings is 1. The van der Waals surface area contributed by atoms with Crippen molar-refractivity contribution in [3.05, 3.63) is 48.5 Å². The van der Waals surface area contributed by atoms with Crippen LogP contribution in [-0.2, 0) is 19.4 Å². The standard InChI is InChI=1S/C24H32N2O6S2/c1-17(2)32-21-8-4-19(5-9-21)20-6-10-22(11-7-20)34(29,30)24(16-33,23(27)28)25-18(3)26-12-14-31-15-13-26/h4-11,17-18,25,33H,12-16H2,1-3H3,(H,27,28)/t18?,24-/m1/s1. The molecule has 1 heterocycles. The minimum Gasteiger partial charge on any atom is -0.491 e. The summed E-state index contributed by atoms with van der Waals surface area (Å²) in [6, 6.07) is 13.7. The molecule has 1 fully saturated rings. The highest BCUT2D eigenvalue weighted by Gasteiger charge is 2.52. The zero-order valence-electron chi connectivity index (χ0n) is 19.6. The van der Waals surface area contributed by atoms with E-state index >= 15 is 0 Å². The fourth-order valence-electron chi connectivity index (χ4n) is 3.87. The Morgan fingerprint density at radius 3 is 2.09 bits per heavy atom. The molecule has 0 saturated carbocycles. The van der Waals surface area contributed by atoms with Gasteiger partial charge in [0.25, 0.3) is 0 Å². The lowest BCUT2D eigenvalue weighted by Gasteiger charge is -2.38. The Morgan fingerprint density at radius 2 is 1.62 bits per heavy atom. The molecule has 0 amide bonds. The van der Waals surface area contributed by atoms with Crippen molar-refractivity contribution < 1.29 is 27.8 Å². The molecular weight excluding hydrogens is 476 g/mol. The van der Waals surface area contributed by atoms with Crippen LogP contribution in [0.15, 0.2) is 53.4 Å². The summed E-state index contributed by atoms with van der Waals surface area (Å²) in [5, 5.41) is 12.9. The number of sulfone groups is 1. The molecule has 186 valence electrons. The van der Waals surface area contributed by atoms with Crippen molar-refractivity contribution in [2.75, 3.05) is 32.1 Å². The predicted molar refractivity (Wildman–Crippen MR) is 134 cm³/mol. The Kier molecular flexibility index (Phi) is 8.64. The van der Waals surface area contributed by atoms with Crippen molar-refractivity contribution in [1.82, 2.24) is 10.2 Å². The van der Waals surface area contributed by atoms with Crippen molar-refractivity contribution in [2.24, 2.45) is 0 Å². The molecule has 1 aliphatic heterocycles. The Bertz CT molecular complexity index is 1070. The average Bonchev–Trinajstić information content (AvgIpc) is 2.82. The number of nitrogens with one attached hydrogen (secondary N) is 1. The number of nitrogens with zero attached hydrogens (tertiary/aromatic N) is 1. The van der Waals surface area contributed by atoms with E-state index in [9.17, 15) is 18.3 Å². The normalized spacial score (nSPS) is 17.8. The van der Waals surface area contributed by atoms with E-state index in [1.165, 1.54) is 12.1 Å². The summed E-state index contributed by atoms with van der Waals surface area (Å²) in [4.78, 5) is 11.9. The van der Waals surface area contributed by atoms with Crippen LogP contribution < -0.4 is 10.1 Å². The molecule has 0 radical (unpaired) electrons. The van der Waals surface area contributed by atoms with Crippen LogP contribution in [0.3, 0.4) is 0 Å². The second kappa shape index (κ2) is 11.1. The number of hydrogen-bond acceptors (Lipinski definition) is 8. The van der Waals surface area contributed by atoms with Gasteiger partial charge in [-0.2, -0.15) is 12.6 Å². The first-order chi connectivity index (χ1) is 16.1. The fourth-order valence-corrected chi connectivity index (χ4v) is 6.23. The number of ether oxygens (including phenoxy) is 2. The highest BCUT2D eigenvalue weighted by Crippen LogP contribution is 2.30. The maximum atomic E-state index is 13.6. The fraction of sp³-hybridized carbons (Fsp3) is 0.458. The van der Waals surface area contributed by atoms with Crippen molar-refractivity contribution in [3.8, 4) is 16.9 Å². The molecule has 2 N–H and O–H groups in total. The number of thiol groups is 1. The second-order valence-electron chi connectivity index (χ2n) is 8.48. The van der Waals surface area contributed by atoms with Gasteiger partial charge in [0.05, 0.1) is 30.4 Å². The number of benzene rings is 2. The summed E-state index contributed by atoms with van der Waals surface area (Å²) in [6.07, 6.45) is -0.441. The van der Waals surface area contributed by atoms with E-state index in [4.69, 9.17) is 9.47 Å². The van der Waals surface area contributed by atoms with E-state index in [0.717, 1.165) is 16.9 Å². The van der Waals surface area contributed by atoms with Gasteiger partial charge >= 0.3 is 5.97 Å². The van der Waals surface area contributed by atoms with Gasteiger partial charge in [0.2, 0.25) is 14.7 Å². The number of carbonyl (C=O) groups is 1. The highest BCUT2D eigenvalue weighted by molar-refractivity contribution is 7.94. The first-order valence-electron chi connectivity index (χ1n) is 11.2. The average molecular weight is 509 g/mol. The summed E-state index contributed by atoms with van der Waals surface area (Å²) < 4.78 is 38.2. The molecule has 1 aliphatic rings. The number of carboxylic acids is 1. The van der Waals surface area contributed by atoms with Crippen LogP contribution in [0, 0.1) is 0 Å². The molecular formula is C24H32N2O6S2. The zero-order chi connectivity index (χ0) is 24.9. The van der Waals surface area contributed by atoms with E-state index in [2.05, 4.69) is 17.9 Å². The summed E-state index contributed by atoms with van der Waals surface area (Å²) in [7, 11) is -4.33. The molecule has 3 rings (SSSR count). The Morgan fingerprint density at radius 1 is 1.09 bits per heavy atom. The van der Waals surface area contributed by atoms with Gasteiger partial charge < -0.3 is 14.6 Å². The largest absolute Gasteiger partial charge is 0.491 e. The topological polar surface area (TPSA) is 105 Å². The second-order valence-corrected chi connectivity index (χ2v) is 11.0. The van der Waals surface area contributed by atoms with Crippen LogP contribution in [-0.4, -0.2) is 73.6 Å². The van der Waals surface area contributed by atoms with Crippen LogP contribution in [0.5, 0.6) is 5.75 Å². The van der Waals surface area contributed by atoms with Crippen molar-refractivity contribution in [1.29, 1.82) is 0 Å². The molecule has 0 aromatic heterocycles. The summed E-state index contributed by atoms with van der Waals surface area (Å²) in [6.45, 7) is 7.81. The molecule has 2 aromatic carbocycles. The lowest BCUT2D eigenvalue weighted by molar-refractivity contribution is -0.141. The van der Waals surface area contributed by atoms with Gasteiger partial charge in [-0.3, -0.25) is 10.2 Å². The molecule has 10 heteroatoms. The van der Waals surface area contributed by atoms with Gasteiger partial charge in [-0.1, -0.05) is 24.3 Å². The highest BCUT2D eigenvalue weighted by atomic mass is 32.2. The molecule has 0 bridgehead atoms. The van der Waals surface area contributed by atoms with Gasteiger partial charge in [-0.15, -0.1) is 0 Å². The number of aliphatic carboxylic acids is 1. The smallest absolute Gasteiger partial charge is 0.341 e. The lowest BCUT2D eigenvalue weighted by atomic mass is 10.1. The monoisotopic (exact) mass is 508 g/mol. The molecule has 34 heavy (non-hydrogen) atoms. The molecule has 2 atom stereocenters. The van der Waals surface area contributed by atoms with E-state index < -0.39 is 32.6 Å². The van der Waals surface area contributed by atoms with Gasteiger partial charge in [0.1, 0.15) is 5.75 Å². The van der Waals surface area contributed by atoms with Gasteiger partial charge in [0.15, 0.2) is 0 Å². The third kappa shape index (κ3) is 5.58. The van der Waals surface area contributed by atoms with Crippen molar-refractivity contribution in [3.63, 3.8) is 0 Å². The SMILES string of the molecule is CC(C)Oc1ccc(-c2ccc(S(=O)(=O)[C@@](CS)(NC(C)N3CCOCC3)C(=O)O)cc2)cc1. The number of carboxylic acid groups (broad SMARTS) is 1. The molecule has 0 spiro atoms. The van der Waals surface area contributed by atoms with Crippen LogP contribution in [0.1, 0.15) is 20.8 Å². The van der Waals surface area contributed by atoms with Gasteiger partial charge in [0, 0.05) is 18.8 Å². The summed E-state index contributed by atoms with van der Waals surface area (Å²) in [5.41, 5.74) is 1.69.